The van der Waals surface area contributed by atoms with Gasteiger partial charge in [-0.3, -0.25) is 9.59 Å². The summed E-state index contributed by atoms with van der Waals surface area (Å²) in [5.41, 5.74) is 0. The fourth-order valence-corrected chi connectivity index (χ4v) is 6.15. The third kappa shape index (κ3) is 42.3. The quantitative estimate of drug-likeness (QED) is 0.0353. The Hall–Kier alpha value is -2.40. The smallest absolute Gasteiger partial charge is 0.306 e. The minimum atomic E-state index is -0.564. The maximum atomic E-state index is 12.7. The number of rotatable bonds is 41. The maximum Gasteiger partial charge on any atom is 0.306 e. The molecule has 0 spiro atoms. The second kappa shape index (κ2) is 45.0. The average Bonchev–Trinajstić information content (AvgIpc) is 3.17. The SMILES string of the molecule is CC/C=C\C/C=C\C/C=C\C/C=C\CCC(=O)OCC(COCCCCCCCC/C=C\CCCC)OC(=O)CCCCCCCCCCCCCCC. The summed E-state index contributed by atoms with van der Waals surface area (Å²) in [6, 6.07) is 0. The van der Waals surface area contributed by atoms with Gasteiger partial charge in [0.2, 0.25) is 0 Å². The summed E-state index contributed by atoms with van der Waals surface area (Å²) < 4.78 is 17.2. The number of carbonyl (C=O) groups excluding carboxylic acids is 2. The van der Waals surface area contributed by atoms with E-state index in [1.807, 2.05) is 6.08 Å². The molecule has 1 unspecified atom stereocenters. The molecule has 1 atom stereocenters. The predicted molar refractivity (Wildman–Crippen MR) is 233 cm³/mol. The van der Waals surface area contributed by atoms with Crippen LogP contribution in [0, 0.1) is 0 Å². The molecule has 0 fully saturated rings. The number of allylic oxidation sites excluding steroid dienone is 10. The van der Waals surface area contributed by atoms with Gasteiger partial charge in [-0.05, 0) is 64.2 Å². The second-order valence-corrected chi connectivity index (χ2v) is 14.9. The van der Waals surface area contributed by atoms with Crippen molar-refractivity contribution in [2.24, 2.45) is 0 Å². The maximum absolute atomic E-state index is 12.7. The highest BCUT2D eigenvalue weighted by atomic mass is 16.6. The van der Waals surface area contributed by atoms with Gasteiger partial charge < -0.3 is 14.2 Å². The Labute approximate surface area is 334 Å². The highest BCUT2D eigenvalue weighted by molar-refractivity contribution is 5.70. The van der Waals surface area contributed by atoms with Crippen LogP contribution in [0.3, 0.4) is 0 Å². The van der Waals surface area contributed by atoms with E-state index in [0.29, 0.717) is 25.9 Å². The van der Waals surface area contributed by atoms with E-state index in [-0.39, 0.29) is 25.2 Å². The highest BCUT2D eigenvalue weighted by Gasteiger charge is 2.17. The molecule has 54 heavy (non-hydrogen) atoms. The normalized spacial score (nSPS) is 12.7. The monoisotopic (exact) mass is 755 g/mol. The molecule has 0 aliphatic carbocycles. The molecule has 5 nitrogen and oxygen atoms in total. The van der Waals surface area contributed by atoms with Gasteiger partial charge in [0.1, 0.15) is 6.61 Å². The van der Waals surface area contributed by atoms with E-state index in [9.17, 15) is 9.59 Å². The summed E-state index contributed by atoms with van der Waals surface area (Å²) in [6.07, 6.45) is 55.1. The lowest BCUT2D eigenvalue weighted by molar-refractivity contribution is -0.162. The van der Waals surface area contributed by atoms with Gasteiger partial charge >= 0.3 is 11.9 Å². The number of ether oxygens (including phenoxy) is 3. The van der Waals surface area contributed by atoms with E-state index in [1.54, 1.807) is 0 Å². The van der Waals surface area contributed by atoms with Crippen LogP contribution in [0.5, 0.6) is 0 Å². The van der Waals surface area contributed by atoms with Gasteiger partial charge in [-0.25, -0.2) is 0 Å². The van der Waals surface area contributed by atoms with Gasteiger partial charge in [0.05, 0.1) is 6.61 Å². The fraction of sp³-hybridized carbons (Fsp3) is 0.755. The molecule has 312 valence electrons. The number of unbranched alkanes of at least 4 members (excludes halogenated alkanes) is 20. The van der Waals surface area contributed by atoms with E-state index in [4.69, 9.17) is 14.2 Å². The minimum Gasteiger partial charge on any atom is -0.462 e. The van der Waals surface area contributed by atoms with E-state index >= 15 is 0 Å². The van der Waals surface area contributed by atoms with Crippen molar-refractivity contribution in [2.75, 3.05) is 19.8 Å². The van der Waals surface area contributed by atoms with Crippen LogP contribution < -0.4 is 0 Å². The molecule has 0 saturated heterocycles. The first-order valence-corrected chi connectivity index (χ1v) is 22.8. The van der Waals surface area contributed by atoms with Crippen molar-refractivity contribution in [1.29, 1.82) is 0 Å². The molecule has 0 aromatic carbocycles. The van der Waals surface area contributed by atoms with Crippen LogP contribution in [0.15, 0.2) is 60.8 Å². The van der Waals surface area contributed by atoms with Crippen LogP contribution in [-0.2, 0) is 23.8 Å². The lowest BCUT2D eigenvalue weighted by Crippen LogP contribution is -2.30. The molecule has 0 radical (unpaired) electrons. The number of carbonyl (C=O) groups is 2. The molecule has 5 heteroatoms. The average molecular weight is 755 g/mol. The Balaban J connectivity index is 4.35. The van der Waals surface area contributed by atoms with Crippen molar-refractivity contribution < 1.29 is 23.8 Å². The van der Waals surface area contributed by atoms with E-state index < -0.39 is 6.10 Å². The molecule has 0 saturated carbocycles. The number of esters is 2. The van der Waals surface area contributed by atoms with Crippen LogP contribution >= 0.6 is 0 Å². The summed E-state index contributed by atoms with van der Waals surface area (Å²) in [6.45, 7) is 7.59. The molecular weight excluding hydrogens is 669 g/mol. The van der Waals surface area contributed by atoms with Gasteiger partial charge in [-0.15, -0.1) is 0 Å². The summed E-state index contributed by atoms with van der Waals surface area (Å²) in [5, 5.41) is 0. The summed E-state index contributed by atoms with van der Waals surface area (Å²) in [4.78, 5) is 25.2. The Bertz CT molecular complexity index is 946. The predicted octanol–water partition coefficient (Wildman–Crippen LogP) is 15.0. The lowest BCUT2D eigenvalue weighted by Gasteiger charge is -2.18. The largest absolute Gasteiger partial charge is 0.462 e. The zero-order valence-corrected chi connectivity index (χ0v) is 35.7. The van der Waals surface area contributed by atoms with Crippen molar-refractivity contribution in [3.8, 4) is 0 Å². The first-order chi connectivity index (χ1) is 26.6. The Kier molecular flexibility index (Phi) is 43.0. The highest BCUT2D eigenvalue weighted by Crippen LogP contribution is 2.14. The third-order valence-corrected chi connectivity index (χ3v) is 9.55. The van der Waals surface area contributed by atoms with Crippen molar-refractivity contribution in [3.63, 3.8) is 0 Å². The minimum absolute atomic E-state index is 0.0459. The molecule has 0 bridgehead atoms. The van der Waals surface area contributed by atoms with E-state index in [2.05, 4.69) is 75.5 Å². The summed E-state index contributed by atoms with van der Waals surface area (Å²) >= 11 is 0. The second-order valence-electron chi connectivity index (χ2n) is 14.9. The first kappa shape index (κ1) is 51.6. The third-order valence-electron chi connectivity index (χ3n) is 9.55. The molecule has 0 rings (SSSR count). The van der Waals surface area contributed by atoms with Gasteiger partial charge in [0.15, 0.2) is 6.10 Å². The Morgan fingerprint density at radius 3 is 1.46 bits per heavy atom. The zero-order chi connectivity index (χ0) is 39.3. The summed E-state index contributed by atoms with van der Waals surface area (Å²) in [5.74, 6) is -0.491. The molecular formula is C49H86O5. The fourth-order valence-electron chi connectivity index (χ4n) is 6.15. The van der Waals surface area contributed by atoms with Crippen molar-refractivity contribution in [2.45, 2.75) is 219 Å². The van der Waals surface area contributed by atoms with Crippen molar-refractivity contribution in [3.05, 3.63) is 60.8 Å². The molecule has 0 heterocycles. The number of hydrogen-bond donors (Lipinski definition) is 0. The van der Waals surface area contributed by atoms with Crippen LogP contribution in [0.2, 0.25) is 0 Å². The van der Waals surface area contributed by atoms with Crippen molar-refractivity contribution >= 4 is 11.9 Å². The zero-order valence-electron chi connectivity index (χ0n) is 35.7. The first-order valence-electron chi connectivity index (χ1n) is 22.8. The molecule has 0 aliphatic rings. The Morgan fingerprint density at radius 2 is 0.889 bits per heavy atom. The van der Waals surface area contributed by atoms with Crippen LogP contribution in [0.25, 0.3) is 0 Å². The van der Waals surface area contributed by atoms with Crippen molar-refractivity contribution in [1.82, 2.24) is 0 Å². The van der Waals surface area contributed by atoms with Gasteiger partial charge in [-0.1, -0.05) is 197 Å². The molecule has 0 aliphatic heterocycles. The number of hydrogen-bond acceptors (Lipinski definition) is 5. The molecule has 0 amide bonds. The standard InChI is InChI=1S/C49H86O5/c1-4-7-10-13-16-19-22-25-27-30-33-36-39-42-48(50)53-46-47(45-52-44-41-38-35-32-29-24-21-18-15-12-9-6-3)54-49(51)43-40-37-34-31-28-26-23-20-17-14-11-8-5-2/h7,10,15-16,18-19,25,27,33,36,47H,4-6,8-9,11-14,17,20-24,26,28-32,34-35,37-46H2,1-3H3/b10-7-,18-15-,19-16-,27-25-,36-33-. The molecule has 0 N–H and O–H groups in total. The van der Waals surface area contributed by atoms with E-state index in [1.165, 1.54) is 122 Å². The van der Waals surface area contributed by atoms with E-state index in [0.717, 1.165) is 51.4 Å². The van der Waals surface area contributed by atoms with Crippen LogP contribution in [-0.4, -0.2) is 37.9 Å². The van der Waals surface area contributed by atoms with Crippen LogP contribution in [0.1, 0.15) is 213 Å². The van der Waals surface area contributed by atoms with Gasteiger partial charge in [-0.2, -0.15) is 0 Å². The van der Waals surface area contributed by atoms with Crippen LogP contribution in [0.4, 0.5) is 0 Å². The van der Waals surface area contributed by atoms with Gasteiger partial charge in [0.25, 0.3) is 0 Å². The molecule has 0 aromatic heterocycles. The van der Waals surface area contributed by atoms with Gasteiger partial charge in [0, 0.05) is 19.4 Å². The Morgan fingerprint density at radius 1 is 0.426 bits per heavy atom. The lowest BCUT2D eigenvalue weighted by atomic mass is 10.0. The topological polar surface area (TPSA) is 61.8 Å². The summed E-state index contributed by atoms with van der Waals surface area (Å²) in [7, 11) is 0. The molecule has 0 aromatic rings.